The minimum atomic E-state index is -0.818. The van der Waals surface area contributed by atoms with E-state index in [0.717, 1.165) is 17.7 Å². The third-order valence-electron chi connectivity index (χ3n) is 3.20. The van der Waals surface area contributed by atoms with Crippen LogP contribution in [-0.4, -0.2) is 25.2 Å². The standard InChI is InChI=1S/C15H24N2O2/c1-5-10-17(14(18)15(2,3)19-4)13-8-6-12(11-16)7-9-13/h6-9H,5,10-11,16H2,1-4H3. The van der Waals surface area contributed by atoms with E-state index in [4.69, 9.17) is 10.5 Å². The van der Waals surface area contributed by atoms with Crippen LogP contribution in [0.3, 0.4) is 0 Å². The molecule has 0 radical (unpaired) electrons. The van der Waals surface area contributed by atoms with Crippen LogP contribution >= 0.6 is 0 Å². The van der Waals surface area contributed by atoms with Gasteiger partial charge in [-0.3, -0.25) is 4.79 Å². The molecule has 0 heterocycles. The van der Waals surface area contributed by atoms with Gasteiger partial charge in [0, 0.05) is 25.9 Å². The summed E-state index contributed by atoms with van der Waals surface area (Å²) in [6.45, 7) is 6.80. The Labute approximate surface area is 115 Å². The van der Waals surface area contributed by atoms with Crippen molar-refractivity contribution in [1.82, 2.24) is 0 Å². The number of ether oxygens (including phenoxy) is 1. The Morgan fingerprint density at radius 2 is 1.89 bits per heavy atom. The molecular formula is C15H24N2O2. The molecule has 4 nitrogen and oxygen atoms in total. The third-order valence-corrected chi connectivity index (χ3v) is 3.20. The third kappa shape index (κ3) is 3.78. The highest BCUT2D eigenvalue weighted by molar-refractivity contribution is 5.98. The van der Waals surface area contributed by atoms with Gasteiger partial charge in [0.15, 0.2) is 0 Å². The maximum Gasteiger partial charge on any atom is 0.258 e. The quantitative estimate of drug-likeness (QED) is 0.858. The molecule has 0 unspecified atom stereocenters. The Balaban J connectivity index is 3.02. The second kappa shape index (κ2) is 6.68. The van der Waals surface area contributed by atoms with Crippen LogP contribution in [0.1, 0.15) is 32.8 Å². The van der Waals surface area contributed by atoms with Crippen molar-refractivity contribution in [3.05, 3.63) is 29.8 Å². The van der Waals surface area contributed by atoms with Gasteiger partial charge in [0.05, 0.1) is 0 Å². The Morgan fingerprint density at radius 1 is 1.32 bits per heavy atom. The summed E-state index contributed by atoms with van der Waals surface area (Å²) >= 11 is 0. The van der Waals surface area contributed by atoms with Crippen LogP contribution in [0.2, 0.25) is 0 Å². The highest BCUT2D eigenvalue weighted by Gasteiger charge is 2.32. The molecule has 0 saturated heterocycles. The van der Waals surface area contributed by atoms with Gasteiger partial charge in [0.2, 0.25) is 0 Å². The molecular weight excluding hydrogens is 240 g/mol. The summed E-state index contributed by atoms with van der Waals surface area (Å²) in [5.74, 6) is -0.0302. The number of anilines is 1. The number of amides is 1. The number of benzene rings is 1. The van der Waals surface area contributed by atoms with Crippen molar-refractivity contribution in [2.45, 2.75) is 39.3 Å². The number of rotatable bonds is 6. The van der Waals surface area contributed by atoms with E-state index in [9.17, 15) is 4.79 Å². The van der Waals surface area contributed by atoms with Gasteiger partial charge in [-0.15, -0.1) is 0 Å². The number of methoxy groups -OCH3 is 1. The van der Waals surface area contributed by atoms with Crippen molar-refractivity contribution < 1.29 is 9.53 Å². The van der Waals surface area contributed by atoms with Crippen molar-refractivity contribution in [1.29, 1.82) is 0 Å². The Kier molecular flexibility index (Phi) is 5.51. The van der Waals surface area contributed by atoms with Gasteiger partial charge in [-0.2, -0.15) is 0 Å². The molecule has 0 saturated carbocycles. The normalized spacial score (nSPS) is 11.4. The molecule has 1 aromatic rings. The first-order valence-electron chi connectivity index (χ1n) is 6.62. The number of hydrogen-bond acceptors (Lipinski definition) is 3. The second-order valence-corrected chi connectivity index (χ2v) is 5.04. The summed E-state index contributed by atoms with van der Waals surface area (Å²) in [7, 11) is 1.56. The first-order chi connectivity index (χ1) is 8.96. The topological polar surface area (TPSA) is 55.6 Å². The zero-order valence-corrected chi connectivity index (χ0v) is 12.3. The van der Waals surface area contributed by atoms with Crippen LogP contribution < -0.4 is 10.6 Å². The van der Waals surface area contributed by atoms with E-state index >= 15 is 0 Å². The van der Waals surface area contributed by atoms with Gasteiger partial charge in [-0.05, 0) is 38.0 Å². The minimum Gasteiger partial charge on any atom is -0.369 e. The molecule has 106 valence electrons. The lowest BCUT2D eigenvalue weighted by molar-refractivity contribution is -0.136. The van der Waals surface area contributed by atoms with E-state index in [1.807, 2.05) is 31.2 Å². The lowest BCUT2D eigenvalue weighted by Crippen LogP contribution is -2.47. The number of carbonyl (C=O) groups excluding carboxylic acids is 1. The monoisotopic (exact) mass is 264 g/mol. The molecule has 0 fully saturated rings. The van der Waals surface area contributed by atoms with E-state index in [0.29, 0.717) is 13.1 Å². The molecule has 0 bridgehead atoms. The minimum absolute atomic E-state index is 0.0302. The van der Waals surface area contributed by atoms with E-state index in [2.05, 4.69) is 0 Å². The van der Waals surface area contributed by atoms with Gasteiger partial charge < -0.3 is 15.4 Å². The molecule has 0 aliphatic rings. The number of nitrogens with zero attached hydrogens (tertiary/aromatic N) is 1. The molecule has 2 N–H and O–H groups in total. The molecule has 0 atom stereocenters. The smallest absolute Gasteiger partial charge is 0.258 e. The summed E-state index contributed by atoms with van der Waals surface area (Å²) in [5, 5.41) is 0. The molecule has 0 aliphatic heterocycles. The highest BCUT2D eigenvalue weighted by Crippen LogP contribution is 2.21. The van der Waals surface area contributed by atoms with Crippen LogP contribution in [0.5, 0.6) is 0 Å². The molecule has 0 aliphatic carbocycles. The summed E-state index contributed by atoms with van der Waals surface area (Å²) in [4.78, 5) is 14.3. The Morgan fingerprint density at radius 3 is 2.32 bits per heavy atom. The Bertz CT molecular complexity index is 413. The molecule has 4 heteroatoms. The molecule has 0 spiro atoms. The second-order valence-electron chi connectivity index (χ2n) is 5.04. The molecule has 1 aromatic carbocycles. The fraction of sp³-hybridized carbons (Fsp3) is 0.533. The maximum atomic E-state index is 12.5. The van der Waals surface area contributed by atoms with Crippen molar-refractivity contribution >= 4 is 11.6 Å². The average Bonchev–Trinajstić information content (AvgIpc) is 2.44. The van der Waals surface area contributed by atoms with Crippen LogP contribution in [0.25, 0.3) is 0 Å². The number of nitrogens with two attached hydrogens (primary N) is 1. The van der Waals surface area contributed by atoms with Gasteiger partial charge in [0.25, 0.3) is 5.91 Å². The first-order valence-corrected chi connectivity index (χ1v) is 6.62. The zero-order valence-electron chi connectivity index (χ0n) is 12.3. The predicted octanol–water partition coefficient (Wildman–Crippen LogP) is 2.31. The fourth-order valence-corrected chi connectivity index (χ4v) is 1.80. The molecule has 0 aromatic heterocycles. The van der Waals surface area contributed by atoms with E-state index in [-0.39, 0.29) is 5.91 Å². The van der Waals surface area contributed by atoms with Crippen LogP contribution in [0, 0.1) is 0 Å². The van der Waals surface area contributed by atoms with Gasteiger partial charge in [0.1, 0.15) is 5.60 Å². The number of hydrogen-bond donors (Lipinski definition) is 1. The van der Waals surface area contributed by atoms with Crippen LogP contribution in [0.4, 0.5) is 5.69 Å². The SMILES string of the molecule is CCCN(C(=O)C(C)(C)OC)c1ccc(CN)cc1. The van der Waals surface area contributed by atoms with Crippen LogP contribution in [-0.2, 0) is 16.1 Å². The van der Waals surface area contributed by atoms with Crippen molar-refractivity contribution in [3.63, 3.8) is 0 Å². The van der Waals surface area contributed by atoms with Crippen LogP contribution in [0.15, 0.2) is 24.3 Å². The van der Waals surface area contributed by atoms with Crippen molar-refractivity contribution in [2.75, 3.05) is 18.6 Å². The lowest BCUT2D eigenvalue weighted by Gasteiger charge is -2.31. The zero-order chi connectivity index (χ0) is 14.5. The predicted molar refractivity (Wildman–Crippen MR) is 78.1 cm³/mol. The lowest BCUT2D eigenvalue weighted by atomic mass is 10.1. The van der Waals surface area contributed by atoms with E-state index in [1.165, 1.54) is 0 Å². The van der Waals surface area contributed by atoms with Gasteiger partial charge in [-0.1, -0.05) is 19.1 Å². The molecule has 1 amide bonds. The molecule has 1 rings (SSSR count). The summed E-state index contributed by atoms with van der Waals surface area (Å²) in [5.41, 5.74) is 6.70. The summed E-state index contributed by atoms with van der Waals surface area (Å²) in [6.07, 6.45) is 0.893. The summed E-state index contributed by atoms with van der Waals surface area (Å²) in [6, 6.07) is 7.76. The number of carbonyl (C=O) groups is 1. The Hall–Kier alpha value is -1.39. The highest BCUT2D eigenvalue weighted by atomic mass is 16.5. The fourth-order valence-electron chi connectivity index (χ4n) is 1.80. The van der Waals surface area contributed by atoms with Crippen molar-refractivity contribution in [2.24, 2.45) is 5.73 Å². The van der Waals surface area contributed by atoms with E-state index in [1.54, 1.807) is 25.9 Å². The summed E-state index contributed by atoms with van der Waals surface area (Å²) < 4.78 is 5.28. The van der Waals surface area contributed by atoms with Crippen molar-refractivity contribution in [3.8, 4) is 0 Å². The van der Waals surface area contributed by atoms with Gasteiger partial charge >= 0.3 is 0 Å². The van der Waals surface area contributed by atoms with E-state index < -0.39 is 5.60 Å². The largest absolute Gasteiger partial charge is 0.369 e. The van der Waals surface area contributed by atoms with Gasteiger partial charge in [-0.25, -0.2) is 0 Å². The molecule has 19 heavy (non-hydrogen) atoms. The maximum absolute atomic E-state index is 12.5. The average molecular weight is 264 g/mol. The first kappa shape index (κ1) is 15.7.